The van der Waals surface area contributed by atoms with Gasteiger partial charge in [0, 0.05) is 32.3 Å². The molecule has 0 unspecified atom stereocenters. The molecule has 0 radical (unpaired) electrons. The summed E-state index contributed by atoms with van der Waals surface area (Å²) in [6.07, 6.45) is 1.70. The topological polar surface area (TPSA) is 95.6 Å². The number of hydrogen-bond donors (Lipinski definition) is 1. The van der Waals surface area contributed by atoms with Gasteiger partial charge >= 0.3 is 5.97 Å². The first-order valence-electron chi connectivity index (χ1n) is 9.46. The number of nitrogens with zero attached hydrogens (tertiary/aromatic N) is 3. The number of aromatic carboxylic acids is 1. The summed E-state index contributed by atoms with van der Waals surface area (Å²) in [5, 5.41) is 9.78. The molecule has 30 heavy (non-hydrogen) atoms. The smallest absolute Gasteiger partial charge is 0.336 e. The van der Waals surface area contributed by atoms with Gasteiger partial charge in [0.2, 0.25) is 0 Å². The fourth-order valence-electron chi connectivity index (χ4n) is 3.23. The van der Waals surface area contributed by atoms with E-state index in [-0.39, 0.29) is 11.5 Å². The molecule has 0 saturated carbocycles. The van der Waals surface area contributed by atoms with Gasteiger partial charge in [0.05, 0.1) is 29.4 Å². The minimum absolute atomic E-state index is 0.185. The number of rotatable bonds is 4. The number of aliphatic imine (C=N–C) groups is 1. The largest absolute Gasteiger partial charge is 0.478 e. The molecule has 4 rings (SSSR count). The van der Waals surface area contributed by atoms with E-state index in [0.717, 1.165) is 19.0 Å². The van der Waals surface area contributed by atoms with Crippen LogP contribution in [-0.4, -0.2) is 60.4 Å². The van der Waals surface area contributed by atoms with Crippen molar-refractivity contribution in [3.8, 4) is 0 Å². The molecule has 156 valence electrons. The molecular weight excluding hydrogens is 406 g/mol. The number of carboxylic acid groups (broad SMARTS) is 1. The van der Waals surface area contributed by atoms with E-state index < -0.39 is 5.97 Å². The lowest BCUT2D eigenvalue weighted by molar-refractivity contribution is -0.121. The van der Waals surface area contributed by atoms with Crippen LogP contribution in [0.15, 0.2) is 44.6 Å². The highest BCUT2D eigenvalue weighted by Gasteiger charge is 2.31. The number of anilines is 1. The maximum absolute atomic E-state index is 12.7. The van der Waals surface area contributed by atoms with Crippen molar-refractivity contribution in [2.45, 2.75) is 6.92 Å². The first-order chi connectivity index (χ1) is 14.4. The lowest BCUT2D eigenvalue weighted by atomic mass is 10.1. The molecule has 0 aliphatic carbocycles. The summed E-state index contributed by atoms with van der Waals surface area (Å²) in [5.41, 5.74) is 1.26. The van der Waals surface area contributed by atoms with Crippen molar-refractivity contribution in [1.29, 1.82) is 0 Å². The number of likely N-dealkylation sites (N-methyl/N-ethyl adjacent to an activating group) is 1. The van der Waals surface area contributed by atoms with Gasteiger partial charge < -0.3 is 19.2 Å². The van der Waals surface area contributed by atoms with Crippen LogP contribution in [-0.2, 0) is 9.53 Å². The first kappa shape index (κ1) is 20.2. The van der Waals surface area contributed by atoms with Crippen molar-refractivity contribution >= 4 is 46.5 Å². The standard InChI is InChI=1S/C21H21N3O5S/c1-13-15(20(26)27)4-3-5-16(13)22-21-23(2)19(25)17(30-21)12-14-6-7-18(29-14)24-8-10-28-11-9-24/h3-7,12H,8-11H2,1-2H3,(H,26,27)/b17-12-,22-21?. The van der Waals surface area contributed by atoms with Gasteiger partial charge in [-0.25, -0.2) is 9.79 Å². The van der Waals surface area contributed by atoms with Crippen molar-refractivity contribution in [3.05, 3.63) is 52.1 Å². The minimum Gasteiger partial charge on any atom is -0.478 e. The Morgan fingerprint density at radius 2 is 2.00 bits per heavy atom. The zero-order valence-electron chi connectivity index (χ0n) is 16.6. The van der Waals surface area contributed by atoms with Crippen LogP contribution in [0.5, 0.6) is 0 Å². The Morgan fingerprint density at radius 1 is 1.23 bits per heavy atom. The van der Waals surface area contributed by atoms with Gasteiger partial charge in [-0.1, -0.05) is 6.07 Å². The van der Waals surface area contributed by atoms with Gasteiger partial charge in [0.1, 0.15) is 5.76 Å². The Balaban J connectivity index is 1.57. The summed E-state index contributed by atoms with van der Waals surface area (Å²) in [6.45, 7) is 4.57. The molecule has 3 heterocycles. The maximum Gasteiger partial charge on any atom is 0.336 e. The number of hydrogen-bond acceptors (Lipinski definition) is 7. The molecule has 2 aliphatic rings. The van der Waals surface area contributed by atoms with Gasteiger partial charge in [-0.15, -0.1) is 0 Å². The SMILES string of the molecule is Cc1c(N=C2S/C(=C\c3ccc(N4CCOCC4)o3)C(=O)N2C)cccc1C(=O)O. The second-order valence-corrected chi connectivity index (χ2v) is 7.91. The van der Waals surface area contributed by atoms with Gasteiger partial charge in [0.15, 0.2) is 11.1 Å². The highest BCUT2D eigenvalue weighted by atomic mass is 32.2. The van der Waals surface area contributed by atoms with Crippen LogP contribution in [0.25, 0.3) is 6.08 Å². The summed E-state index contributed by atoms with van der Waals surface area (Å²) in [7, 11) is 1.65. The number of benzene rings is 1. The molecule has 2 aliphatic heterocycles. The van der Waals surface area contributed by atoms with Crippen LogP contribution in [0.4, 0.5) is 11.6 Å². The molecule has 1 N–H and O–H groups in total. The monoisotopic (exact) mass is 427 g/mol. The highest BCUT2D eigenvalue weighted by molar-refractivity contribution is 8.18. The Bertz CT molecular complexity index is 1050. The third-order valence-electron chi connectivity index (χ3n) is 4.96. The zero-order chi connectivity index (χ0) is 21.3. The fourth-order valence-corrected chi connectivity index (χ4v) is 4.19. The zero-order valence-corrected chi connectivity index (χ0v) is 17.4. The van der Waals surface area contributed by atoms with Crippen molar-refractivity contribution in [1.82, 2.24) is 4.90 Å². The second-order valence-electron chi connectivity index (χ2n) is 6.90. The second kappa shape index (κ2) is 8.37. The van der Waals surface area contributed by atoms with Crippen molar-refractivity contribution < 1.29 is 23.8 Å². The average Bonchev–Trinajstić information content (AvgIpc) is 3.31. The van der Waals surface area contributed by atoms with Gasteiger partial charge in [-0.2, -0.15) is 0 Å². The minimum atomic E-state index is -1.01. The van der Waals surface area contributed by atoms with Crippen LogP contribution >= 0.6 is 11.8 Å². The number of carbonyl (C=O) groups is 2. The molecular formula is C21H21N3O5S. The Hall–Kier alpha value is -3.04. The summed E-state index contributed by atoms with van der Waals surface area (Å²) >= 11 is 1.23. The highest BCUT2D eigenvalue weighted by Crippen LogP contribution is 2.35. The molecule has 2 aromatic rings. The number of amidine groups is 1. The third kappa shape index (κ3) is 3.99. The number of morpholine rings is 1. The number of furan rings is 1. The van der Waals surface area contributed by atoms with Gasteiger partial charge in [0.25, 0.3) is 5.91 Å². The molecule has 0 atom stereocenters. The van der Waals surface area contributed by atoms with E-state index in [1.165, 1.54) is 22.7 Å². The normalized spacial score (nSPS) is 19.9. The number of carbonyl (C=O) groups excluding carboxylic acids is 1. The summed E-state index contributed by atoms with van der Waals surface area (Å²) in [4.78, 5) is 32.6. The predicted octanol–water partition coefficient (Wildman–Crippen LogP) is 3.36. The summed E-state index contributed by atoms with van der Waals surface area (Å²) in [5.74, 6) is 0.151. The van der Waals surface area contributed by atoms with E-state index in [4.69, 9.17) is 9.15 Å². The fraction of sp³-hybridized carbons (Fsp3) is 0.286. The lowest BCUT2D eigenvalue weighted by Gasteiger charge is -2.26. The molecule has 1 aromatic heterocycles. The van der Waals surface area contributed by atoms with E-state index >= 15 is 0 Å². The Morgan fingerprint density at radius 3 is 2.73 bits per heavy atom. The Kier molecular flexibility index (Phi) is 5.65. The number of amides is 1. The van der Waals surface area contributed by atoms with Crippen LogP contribution < -0.4 is 4.90 Å². The Labute approximate surface area is 177 Å². The van der Waals surface area contributed by atoms with Gasteiger partial charge in [-0.05, 0) is 42.4 Å². The number of ether oxygens (including phenoxy) is 1. The number of thioether (sulfide) groups is 1. The van der Waals surface area contributed by atoms with E-state index in [1.807, 2.05) is 12.1 Å². The molecule has 8 nitrogen and oxygen atoms in total. The molecule has 1 amide bonds. The summed E-state index contributed by atoms with van der Waals surface area (Å²) in [6, 6.07) is 8.63. The average molecular weight is 427 g/mol. The molecule has 0 spiro atoms. The van der Waals surface area contributed by atoms with Crippen LogP contribution in [0.3, 0.4) is 0 Å². The number of carboxylic acids is 1. The first-order valence-corrected chi connectivity index (χ1v) is 10.3. The van der Waals surface area contributed by atoms with Crippen molar-refractivity contribution in [2.75, 3.05) is 38.3 Å². The van der Waals surface area contributed by atoms with Crippen molar-refractivity contribution in [2.24, 2.45) is 4.99 Å². The molecule has 2 fully saturated rings. The van der Waals surface area contributed by atoms with E-state index in [2.05, 4.69) is 9.89 Å². The van der Waals surface area contributed by atoms with E-state index in [1.54, 1.807) is 32.2 Å². The van der Waals surface area contributed by atoms with E-state index in [0.29, 0.717) is 40.3 Å². The molecule has 1 aromatic carbocycles. The quantitative estimate of drug-likeness (QED) is 0.748. The molecule has 2 saturated heterocycles. The third-order valence-corrected chi connectivity index (χ3v) is 6.02. The molecule has 9 heteroatoms. The van der Waals surface area contributed by atoms with Crippen molar-refractivity contribution in [3.63, 3.8) is 0 Å². The maximum atomic E-state index is 12.7. The summed E-state index contributed by atoms with van der Waals surface area (Å²) < 4.78 is 11.2. The van der Waals surface area contributed by atoms with Gasteiger partial charge in [-0.3, -0.25) is 9.69 Å². The molecule has 0 bridgehead atoms. The van der Waals surface area contributed by atoms with Crippen LogP contribution in [0.1, 0.15) is 21.7 Å². The van der Waals surface area contributed by atoms with Crippen LogP contribution in [0, 0.1) is 6.92 Å². The van der Waals surface area contributed by atoms with Crippen LogP contribution in [0.2, 0.25) is 0 Å². The predicted molar refractivity (Wildman–Crippen MR) is 115 cm³/mol. The lowest BCUT2D eigenvalue weighted by Crippen LogP contribution is -2.35. The van der Waals surface area contributed by atoms with E-state index in [9.17, 15) is 14.7 Å².